The van der Waals surface area contributed by atoms with Gasteiger partial charge in [-0.3, -0.25) is 4.79 Å². The molecule has 134 valence electrons. The summed E-state index contributed by atoms with van der Waals surface area (Å²) in [6.07, 6.45) is 1.43. The Kier molecular flexibility index (Phi) is 2.59. The van der Waals surface area contributed by atoms with Gasteiger partial charge in [0.1, 0.15) is 17.8 Å². The highest BCUT2D eigenvalue weighted by Gasteiger charge is 2.94. The lowest BCUT2D eigenvalue weighted by atomic mass is 9.55. The third-order valence-corrected chi connectivity index (χ3v) is 9.83. The topological polar surface area (TPSA) is 70.1 Å². The van der Waals surface area contributed by atoms with Crippen molar-refractivity contribution < 1.29 is 19.7 Å². The number of ketones is 1. The zero-order valence-corrected chi connectivity index (χ0v) is 15.4. The molecule has 2 spiro atoms. The van der Waals surface area contributed by atoms with Gasteiger partial charge >= 0.3 is 0 Å². The Morgan fingerprint density at radius 2 is 1.92 bits per heavy atom. The zero-order chi connectivity index (χ0) is 17.4. The second kappa shape index (κ2) is 3.94. The lowest BCUT2D eigenvalue weighted by molar-refractivity contribution is -0.138. The lowest BCUT2D eigenvalue weighted by Gasteiger charge is -2.46. The number of Topliss-reactive ketones (excluding diaryl/α,β-unsaturated/α-hetero) is 1. The molecule has 5 fully saturated rings. The van der Waals surface area contributed by atoms with Crippen LogP contribution in [0.2, 0.25) is 0 Å². The van der Waals surface area contributed by atoms with Gasteiger partial charge in [0.25, 0.3) is 0 Å². The molecule has 1 heterocycles. The highest BCUT2D eigenvalue weighted by atomic mass is 16.6. The molecule has 4 heteroatoms. The van der Waals surface area contributed by atoms with Gasteiger partial charge in [0, 0.05) is 5.41 Å². The van der Waals surface area contributed by atoms with E-state index in [0.29, 0.717) is 11.8 Å². The van der Waals surface area contributed by atoms with Crippen LogP contribution in [-0.2, 0) is 9.53 Å². The molecule has 24 heavy (non-hydrogen) atoms. The van der Waals surface area contributed by atoms with Crippen molar-refractivity contribution in [1.82, 2.24) is 0 Å². The Balaban J connectivity index is 1.73. The molecule has 1 saturated heterocycles. The number of hydrogen-bond donors (Lipinski definition) is 2. The van der Waals surface area contributed by atoms with Crippen molar-refractivity contribution in [2.75, 3.05) is 0 Å². The molecule has 4 nitrogen and oxygen atoms in total. The summed E-state index contributed by atoms with van der Waals surface area (Å²) in [5.41, 5.74) is -1.72. The van der Waals surface area contributed by atoms with E-state index in [2.05, 4.69) is 34.6 Å². The molecule has 0 aromatic rings. The number of aliphatic hydroxyl groups excluding tert-OH is 2. The van der Waals surface area contributed by atoms with Crippen LogP contribution in [-0.4, -0.2) is 39.9 Å². The third-order valence-electron chi connectivity index (χ3n) is 9.83. The maximum atomic E-state index is 13.5. The van der Waals surface area contributed by atoms with E-state index >= 15 is 0 Å². The SMILES string of the molecule is CC(C)C1CC[C@]23C[C@@H]4[C@H](C)[C@H](O)[C@H]5O[C@@]45[C@@]2(C)C(=O)[C@H](O)[C@]13C. The van der Waals surface area contributed by atoms with Gasteiger partial charge in [0.05, 0.1) is 11.5 Å². The molecule has 0 aromatic heterocycles. The second-order valence-corrected chi connectivity index (χ2v) is 10.1. The van der Waals surface area contributed by atoms with Crippen LogP contribution in [0.1, 0.15) is 53.9 Å². The highest BCUT2D eigenvalue weighted by molar-refractivity contribution is 5.96. The van der Waals surface area contributed by atoms with E-state index in [1.807, 2.05) is 0 Å². The molecule has 4 aliphatic carbocycles. The summed E-state index contributed by atoms with van der Waals surface area (Å²) in [6.45, 7) is 10.8. The van der Waals surface area contributed by atoms with Crippen molar-refractivity contribution >= 4 is 5.78 Å². The first-order valence-corrected chi connectivity index (χ1v) is 9.69. The fraction of sp³-hybridized carbons (Fsp3) is 0.950. The van der Waals surface area contributed by atoms with Crippen LogP contribution in [0.15, 0.2) is 0 Å². The largest absolute Gasteiger partial charge is 0.390 e. The van der Waals surface area contributed by atoms with Crippen LogP contribution in [0, 0.1) is 39.9 Å². The van der Waals surface area contributed by atoms with E-state index in [-0.39, 0.29) is 34.6 Å². The van der Waals surface area contributed by atoms with Gasteiger partial charge in [-0.2, -0.15) is 0 Å². The molecule has 5 rings (SSSR count). The molecule has 0 amide bonds. The van der Waals surface area contributed by atoms with Crippen molar-refractivity contribution in [2.24, 2.45) is 39.9 Å². The van der Waals surface area contributed by atoms with Gasteiger partial charge in [0.2, 0.25) is 0 Å². The Bertz CT molecular complexity index is 646. The van der Waals surface area contributed by atoms with Gasteiger partial charge in [-0.1, -0.05) is 27.7 Å². The van der Waals surface area contributed by atoms with Crippen LogP contribution >= 0.6 is 0 Å². The normalized spacial score (nSPS) is 66.6. The second-order valence-electron chi connectivity index (χ2n) is 10.1. The summed E-state index contributed by atoms with van der Waals surface area (Å²) in [7, 11) is 0. The van der Waals surface area contributed by atoms with Crippen LogP contribution in [0.3, 0.4) is 0 Å². The number of epoxide rings is 1. The minimum absolute atomic E-state index is 0.0124. The van der Waals surface area contributed by atoms with E-state index < -0.39 is 23.2 Å². The fourth-order valence-electron chi connectivity index (χ4n) is 8.67. The Labute approximate surface area is 144 Å². The zero-order valence-electron chi connectivity index (χ0n) is 15.4. The van der Waals surface area contributed by atoms with Crippen LogP contribution in [0.4, 0.5) is 0 Å². The number of ether oxygens (including phenoxy) is 1. The summed E-state index contributed by atoms with van der Waals surface area (Å²) in [5, 5.41) is 21.7. The summed E-state index contributed by atoms with van der Waals surface area (Å²) >= 11 is 0. The van der Waals surface area contributed by atoms with Crippen molar-refractivity contribution in [3.05, 3.63) is 0 Å². The molecule has 10 atom stereocenters. The van der Waals surface area contributed by atoms with E-state index in [1.165, 1.54) is 0 Å². The molecule has 0 radical (unpaired) electrons. The molecule has 0 aromatic carbocycles. The summed E-state index contributed by atoms with van der Waals surface area (Å²) < 4.78 is 6.14. The minimum Gasteiger partial charge on any atom is -0.390 e. The summed E-state index contributed by atoms with van der Waals surface area (Å²) in [6, 6.07) is 0. The van der Waals surface area contributed by atoms with E-state index in [1.54, 1.807) is 0 Å². The van der Waals surface area contributed by atoms with Crippen molar-refractivity contribution in [1.29, 1.82) is 0 Å². The van der Waals surface area contributed by atoms with Gasteiger partial charge in [0.15, 0.2) is 5.78 Å². The van der Waals surface area contributed by atoms with E-state index in [9.17, 15) is 15.0 Å². The Morgan fingerprint density at radius 3 is 2.54 bits per heavy atom. The summed E-state index contributed by atoms with van der Waals surface area (Å²) in [4.78, 5) is 13.5. The van der Waals surface area contributed by atoms with E-state index in [0.717, 1.165) is 19.3 Å². The minimum atomic E-state index is -0.898. The maximum absolute atomic E-state index is 13.5. The first kappa shape index (κ1) is 15.8. The standard InChI is InChI=1S/C20H30O4/c1-9(2)11-6-7-19-8-12-10(3)13(21)16-20(12,24-16)18(19,5)15(23)14(22)17(11,19)4/h9-14,16,21-22H,6-8H2,1-5H3/t10-,11?,12+,13-,14-,16+,17-,18-,19+,20-/m0/s1. The Morgan fingerprint density at radius 1 is 1.25 bits per heavy atom. The molecule has 5 aliphatic rings. The van der Waals surface area contributed by atoms with Crippen molar-refractivity contribution in [3.8, 4) is 0 Å². The van der Waals surface area contributed by atoms with E-state index in [4.69, 9.17) is 4.74 Å². The molecule has 4 saturated carbocycles. The van der Waals surface area contributed by atoms with Gasteiger partial charge in [-0.05, 0) is 55.3 Å². The number of aliphatic hydroxyl groups is 2. The van der Waals surface area contributed by atoms with Gasteiger partial charge < -0.3 is 14.9 Å². The summed E-state index contributed by atoms with van der Waals surface area (Å²) in [5.74, 6) is 1.22. The molecular formula is C20H30O4. The molecule has 2 N–H and O–H groups in total. The molecule has 1 unspecified atom stereocenters. The fourth-order valence-corrected chi connectivity index (χ4v) is 8.67. The van der Waals surface area contributed by atoms with Crippen LogP contribution < -0.4 is 0 Å². The number of carbonyl (C=O) groups is 1. The maximum Gasteiger partial charge on any atom is 0.171 e. The Hall–Kier alpha value is -0.450. The predicted octanol–water partition coefficient (Wildman–Crippen LogP) is 2.16. The molecular weight excluding hydrogens is 304 g/mol. The number of carbonyl (C=O) groups excluding carboxylic acids is 1. The smallest absolute Gasteiger partial charge is 0.171 e. The van der Waals surface area contributed by atoms with Gasteiger partial charge in [-0.15, -0.1) is 0 Å². The van der Waals surface area contributed by atoms with Crippen molar-refractivity contribution in [2.45, 2.75) is 77.8 Å². The van der Waals surface area contributed by atoms with Crippen LogP contribution in [0.25, 0.3) is 0 Å². The molecule has 1 aliphatic heterocycles. The first-order chi connectivity index (χ1) is 11.1. The third kappa shape index (κ3) is 1.11. The molecule has 0 bridgehead atoms. The van der Waals surface area contributed by atoms with Gasteiger partial charge in [-0.25, -0.2) is 0 Å². The average molecular weight is 334 g/mol. The van der Waals surface area contributed by atoms with Crippen molar-refractivity contribution in [3.63, 3.8) is 0 Å². The average Bonchev–Trinajstić information content (AvgIpc) is 3.05. The number of rotatable bonds is 1. The lowest BCUT2D eigenvalue weighted by Crippen LogP contribution is -2.48. The monoisotopic (exact) mass is 334 g/mol. The quantitative estimate of drug-likeness (QED) is 0.721. The number of hydrogen-bond acceptors (Lipinski definition) is 4. The highest BCUT2D eigenvalue weighted by Crippen LogP contribution is 2.86. The predicted molar refractivity (Wildman–Crippen MR) is 88.1 cm³/mol. The first-order valence-electron chi connectivity index (χ1n) is 9.69. The van der Waals surface area contributed by atoms with Crippen LogP contribution in [0.5, 0.6) is 0 Å².